The number of ether oxygens (including phenoxy) is 1. The van der Waals surface area contributed by atoms with Crippen LogP contribution in [0.1, 0.15) is 18.1 Å². The van der Waals surface area contributed by atoms with E-state index in [9.17, 15) is 5.11 Å². The summed E-state index contributed by atoms with van der Waals surface area (Å²) in [5.74, 6) is 2.13. The predicted molar refractivity (Wildman–Crippen MR) is 94.1 cm³/mol. The van der Waals surface area contributed by atoms with E-state index in [1.54, 1.807) is 18.2 Å². The number of pyridine rings is 1. The zero-order valence-electron chi connectivity index (χ0n) is 14.1. The van der Waals surface area contributed by atoms with Crippen LogP contribution in [0.4, 0.5) is 0 Å². The molecule has 0 aliphatic carbocycles. The van der Waals surface area contributed by atoms with Crippen molar-refractivity contribution in [2.24, 2.45) is 17.8 Å². The van der Waals surface area contributed by atoms with Crippen molar-refractivity contribution in [1.82, 2.24) is 4.98 Å². The molecular weight excluding hydrogens is 300 g/mol. The van der Waals surface area contributed by atoms with E-state index in [1.807, 2.05) is 24.3 Å². The largest absolute Gasteiger partial charge is 0.497 e. The van der Waals surface area contributed by atoms with Crippen LogP contribution in [0, 0.1) is 17.8 Å². The second kappa shape index (κ2) is 6.19. The Morgan fingerprint density at radius 3 is 3.00 bits per heavy atom. The first-order valence-corrected chi connectivity index (χ1v) is 8.78. The first-order valence-electron chi connectivity index (χ1n) is 8.78. The van der Waals surface area contributed by atoms with Gasteiger partial charge in [0.1, 0.15) is 5.75 Å². The molecule has 3 saturated heterocycles. The van der Waals surface area contributed by atoms with Crippen LogP contribution < -0.4 is 9.64 Å². The number of rotatable bonds is 4. The summed E-state index contributed by atoms with van der Waals surface area (Å²) in [7, 11) is 1.67. The van der Waals surface area contributed by atoms with Crippen LogP contribution in [0.5, 0.6) is 5.75 Å². The number of aliphatic hydroxyl groups excluding tert-OH is 1. The lowest BCUT2D eigenvalue weighted by molar-refractivity contribution is -0.925. The molecule has 4 nitrogen and oxygen atoms in total. The van der Waals surface area contributed by atoms with Crippen LogP contribution in [0.2, 0.25) is 0 Å². The molecular formula is C20H25N2O2+. The molecule has 0 spiro atoms. The van der Waals surface area contributed by atoms with Crippen molar-refractivity contribution in [2.75, 3.05) is 26.7 Å². The molecule has 0 amide bonds. The summed E-state index contributed by atoms with van der Waals surface area (Å²) in [5, 5.41) is 12.2. The SMILES string of the molecule is C=CC1C[NH+]2CCC1C(C(O)c1ccnc3ccc(OC)cc13)C2. The van der Waals surface area contributed by atoms with Crippen molar-refractivity contribution in [3.8, 4) is 5.75 Å². The van der Waals surface area contributed by atoms with Gasteiger partial charge in [-0.15, -0.1) is 6.58 Å². The Bertz CT molecular complexity index is 760. The van der Waals surface area contributed by atoms with Gasteiger partial charge in [0.05, 0.1) is 38.4 Å². The summed E-state index contributed by atoms with van der Waals surface area (Å²) >= 11 is 0. The minimum absolute atomic E-state index is 0.280. The Morgan fingerprint density at radius 1 is 1.38 bits per heavy atom. The Kier molecular flexibility index (Phi) is 4.02. The lowest BCUT2D eigenvalue weighted by atomic mass is 9.69. The van der Waals surface area contributed by atoms with Gasteiger partial charge in [-0.05, 0) is 35.7 Å². The molecule has 5 rings (SSSR count). The number of hydrogen-bond acceptors (Lipinski definition) is 3. The van der Waals surface area contributed by atoms with Crippen molar-refractivity contribution < 1.29 is 14.7 Å². The Morgan fingerprint density at radius 2 is 2.25 bits per heavy atom. The number of benzene rings is 1. The van der Waals surface area contributed by atoms with E-state index in [0.29, 0.717) is 11.8 Å². The number of hydrogen-bond donors (Lipinski definition) is 2. The number of fused-ring (bicyclic) bond motifs is 4. The van der Waals surface area contributed by atoms with Crippen LogP contribution in [-0.4, -0.2) is 36.8 Å². The summed E-state index contributed by atoms with van der Waals surface area (Å²) in [4.78, 5) is 6.04. The van der Waals surface area contributed by atoms with Crippen molar-refractivity contribution in [2.45, 2.75) is 12.5 Å². The molecule has 3 aliphatic heterocycles. The first-order chi connectivity index (χ1) is 11.7. The molecule has 1 aromatic heterocycles. The molecule has 2 N–H and O–H groups in total. The molecule has 4 heteroatoms. The number of aliphatic hydroxyl groups is 1. The zero-order valence-corrected chi connectivity index (χ0v) is 14.1. The molecule has 1 aromatic carbocycles. The van der Waals surface area contributed by atoms with Gasteiger partial charge in [-0.2, -0.15) is 0 Å². The van der Waals surface area contributed by atoms with Crippen molar-refractivity contribution in [1.29, 1.82) is 0 Å². The van der Waals surface area contributed by atoms with Gasteiger partial charge in [0.15, 0.2) is 0 Å². The quantitative estimate of drug-likeness (QED) is 0.840. The summed E-state index contributed by atoms with van der Waals surface area (Å²) in [6.07, 6.45) is 4.61. The topological polar surface area (TPSA) is 46.8 Å². The highest BCUT2D eigenvalue weighted by molar-refractivity contribution is 5.83. The zero-order chi connectivity index (χ0) is 16.7. The Labute approximate surface area is 142 Å². The van der Waals surface area contributed by atoms with Gasteiger partial charge >= 0.3 is 0 Å². The van der Waals surface area contributed by atoms with Gasteiger partial charge < -0.3 is 14.7 Å². The number of quaternary nitrogens is 1. The highest BCUT2D eigenvalue weighted by Crippen LogP contribution is 2.39. The second-order valence-electron chi connectivity index (χ2n) is 7.15. The summed E-state index contributed by atoms with van der Waals surface area (Å²) in [6, 6.07) is 7.82. The maximum Gasteiger partial charge on any atom is 0.119 e. The van der Waals surface area contributed by atoms with Gasteiger partial charge in [-0.3, -0.25) is 4.98 Å². The van der Waals surface area contributed by atoms with Crippen LogP contribution >= 0.6 is 0 Å². The average molecular weight is 325 g/mol. The third kappa shape index (κ3) is 2.50. The van der Waals surface area contributed by atoms with Crippen LogP contribution in [-0.2, 0) is 0 Å². The molecule has 0 radical (unpaired) electrons. The smallest absolute Gasteiger partial charge is 0.119 e. The molecule has 5 unspecified atom stereocenters. The Hall–Kier alpha value is -1.91. The van der Waals surface area contributed by atoms with E-state index in [4.69, 9.17) is 4.74 Å². The normalized spacial score (nSPS) is 30.2. The van der Waals surface area contributed by atoms with Gasteiger partial charge in [0.2, 0.25) is 0 Å². The van der Waals surface area contributed by atoms with Crippen molar-refractivity contribution >= 4 is 10.9 Å². The van der Waals surface area contributed by atoms with E-state index in [-0.39, 0.29) is 5.92 Å². The van der Waals surface area contributed by atoms with Crippen LogP contribution in [0.3, 0.4) is 0 Å². The number of piperidine rings is 3. The van der Waals surface area contributed by atoms with Crippen molar-refractivity contribution in [3.05, 3.63) is 48.7 Å². The fraction of sp³-hybridized carbons (Fsp3) is 0.450. The molecule has 4 heterocycles. The standard InChI is InChI=1S/C20H24N2O2/c1-3-13-11-22-9-7-15(13)18(12-22)20(23)16-6-8-21-19-5-4-14(24-2)10-17(16)19/h3-6,8,10,13,15,18,20,23H,1,7,9,11-12H2,2H3/p+1. The number of nitrogens with zero attached hydrogens (tertiary/aromatic N) is 1. The lowest BCUT2D eigenvalue weighted by Gasteiger charge is -2.47. The average Bonchev–Trinajstić information content (AvgIpc) is 2.66. The minimum Gasteiger partial charge on any atom is -0.497 e. The fourth-order valence-electron chi connectivity index (χ4n) is 4.74. The molecule has 24 heavy (non-hydrogen) atoms. The van der Waals surface area contributed by atoms with Gasteiger partial charge in [-0.25, -0.2) is 0 Å². The first kappa shape index (κ1) is 15.6. The van der Waals surface area contributed by atoms with Gasteiger partial charge in [0, 0.05) is 29.8 Å². The lowest BCUT2D eigenvalue weighted by Crippen LogP contribution is -3.17. The van der Waals surface area contributed by atoms with Gasteiger partial charge in [0.25, 0.3) is 0 Å². The van der Waals surface area contributed by atoms with Crippen molar-refractivity contribution in [3.63, 3.8) is 0 Å². The molecule has 5 atom stereocenters. The number of nitrogens with one attached hydrogen (secondary N) is 1. The highest BCUT2D eigenvalue weighted by Gasteiger charge is 2.46. The fourth-order valence-corrected chi connectivity index (χ4v) is 4.74. The van der Waals surface area contributed by atoms with E-state index in [0.717, 1.165) is 28.8 Å². The van der Waals surface area contributed by atoms with E-state index < -0.39 is 6.10 Å². The minimum atomic E-state index is -0.467. The second-order valence-corrected chi connectivity index (χ2v) is 7.15. The van der Waals surface area contributed by atoms with Gasteiger partial charge in [-0.1, -0.05) is 6.08 Å². The molecule has 126 valence electrons. The van der Waals surface area contributed by atoms with Crippen LogP contribution in [0.15, 0.2) is 43.1 Å². The molecule has 3 fully saturated rings. The molecule has 3 aliphatic rings. The Balaban J connectivity index is 1.73. The molecule has 0 saturated carbocycles. The third-order valence-corrected chi connectivity index (χ3v) is 5.99. The summed E-state index contributed by atoms with van der Waals surface area (Å²) in [6.45, 7) is 7.46. The number of methoxy groups -OCH3 is 1. The summed E-state index contributed by atoms with van der Waals surface area (Å²) < 4.78 is 5.36. The maximum absolute atomic E-state index is 11.2. The monoisotopic (exact) mass is 325 g/mol. The van der Waals surface area contributed by atoms with E-state index in [1.165, 1.54) is 19.5 Å². The van der Waals surface area contributed by atoms with E-state index in [2.05, 4.69) is 17.6 Å². The molecule has 2 aromatic rings. The van der Waals surface area contributed by atoms with E-state index >= 15 is 0 Å². The third-order valence-electron chi connectivity index (χ3n) is 5.99. The molecule has 2 bridgehead atoms. The maximum atomic E-state index is 11.2. The summed E-state index contributed by atoms with van der Waals surface area (Å²) in [5.41, 5.74) is 1.88. The number of aromatic nitrogens is 1. The van der Waals surface area contributed by atoms with Crippen LogP contribution in [0.25, 0.3) is 10.9 Å². The predicted octanol–water partition coefficient (Wildman–Crippen LogP) is 1.61. The highest BCUT2D eigenvalue weighted by atomic mass is 16.5.